The smallest absolute Gasteiger partial charge is 0.475 e. The molecule has 3 atom stereocenters. The number of hydrogen-bond acceptors (Lipinski definition) is 7. The molecule has 28 heavy (non-hydrogen) atoms. The van der Waals surface area contributed by atoms with Crippen LogP contribution in [0.1, 0.15) is 17.8 Å². The van der Waals surface area contributed by atoms with E-state index in [1.54, 1.807) is 11.3 Å². The van der Waals surface area contributed by atoms with E-state index in [-0.39, 0.29) is 12.1 Å². The van der Waals surface area contributed by atoms with Gasteiger partial charge in [-0.15, -0.1) is 11.3 Å². The number of rotatable bonds is 4. The summed E-state index contributed by atoms with van der Waals surface area (Å²) in [5.41, 5.74) is 0. The van der Waals surface area contributed by atoms with Crippen LogP contribution >= 0.6 is 11.3 Å². The van der Waals surface area contributed by atoms with E-state index in [4.69, 9.17) is 14.6 Å². The maximum atomic E-state index is 11.6. The minimum Gasteiger partial charge on any atom is -0.475 e. The van der Waals surface area contributed by atoms with E-state index in [1.165, 1.54) is 6.26 Å². The number of halogens is 3. The van der Waals surface area contributed by atoms with Gasteiger partial charge in [0.1, 0.15) is 5.01 Å². The predicted octanol–water partition coefficient (Wildman–Crippen LogP) is 1.31. The van der Waals surface area contributed by atoms with Crippen molar-refractivity contribution in [2.75, 3.05) is 26.0 Å². The van der Waals surface area contributed by atoms with Crippen molar-refractivity contribution in [3.63, 3.8) is 0 Å². The summed E-state index contributed by atoms with van der Waals surface area (Å²) in [5, 5.41) is 10.2. The third kappa shape index (κ3) is 7.28. The van der Waals surface area contributed by atoms with Gasteiger partial charge in [0.15, 0.2) is 0 Å². The summed E-state index contributed by atoms with van der Waals surface area (Å²) in [7, 11) is -3.23. The number of ether oxygens (including phenoxy) is 1. The van der Waals surface area contributed by atoms with E-state index >= 15 is 0 Å². The highest BCUT2D eigenvalue weighted by Crippen LogP contribution is 2.30. The van der Waals surface area contributed by atoms with Gasteiger partial charge in [-0.3, -0.25) is 4.90 Å². The molecular weight excluding hydrogens is 423 g/mol. The van der Waals surface area contributed by atoms with Gasteiger partial charge in [0, 0.05) is 31.3 Å². The largest absolute Gasteiger partial charge is 0.490 e. The first-order valence-corrected chi connectivity index (χ1v) is 11.2. The number of carbonyl (C=O) groups is 1. The minimum absolute atomic E-state index is 0.000944. The Kier molecular flexibility index (Phi) is 7.79. The average Bonchev–Trinajstić information content (AvgIpc) is 3.06. The molecule has 0 aliphatic carbocycles. The summed E-state index contributed by atoms with van der Waals surface area (Å²) >= 11 is 1.64. The van der Waals surface area contributed by atoms with Crippen molar-refractivity contribution < 1.29 is 36.2 Å². The SMILES string of the molecule is CS(=O)(=O)N[C@@H]1CN(Cc2nccs2)C[C@@H]2CCCO[C@@H]21.O=C(O)C(F)(F)F. The molecule has 3 rings (SSSR count). The second-order valence-corrected chi connectivity index (χ2v) is 9.42. The first kappa shape index (κ1) is 23.0. The lowest BCUT2D eigenvalue weighted by atomic mass is 9.86. The van der Waals surface area contributed by atoms with Crippen LogP contribution in [0, 0.1) is 5.92 Å². The van der Waals surface area contributed by atoms with E-state index in [0.29, 0.717) is 12.5 Å². The van der Waals surface area contributed by atoms with Gasteiger partial charge in [0.2, 0.25) is 10.0 Å². The normalized spacial score (nSPS) is 26.1. The molecule has 0 aromatic carbocycles. The molecule has 8 nitrogen and oxygen atoms in total. The number of alkyl halides is 3. The lowest BCUT2D eigenvalue weighted by molar-refractivity contribution is -0.192. The standard InChI is InChI=1S/C13H21N3O3S2.C2HF3O2/c1-21(17,18)15-11-8-16(9-12-14-4-6-20-12)7-10-3-2-5-19-13(10)11;3-2(4,5)1(6)7/h4,6,10-11,13,15H,2-3,5,7-9H2,1H3;(H,6,7)/t10-,11+,13-;/m0./s1. The highest BCUT2D eigenvalue weighted by atomic mass is 32.2. The number of fused-ring (bicyclic) bond motifs is 1. The molecule has 2 saturated heterocycles. The number of carboxylic acid groups (broad SMARTS) is 1. The highest BCUT2D eigenvalue weighted by Gasteiger charge is 2.40. The zero-order valence-corrected chi connectivity index (χ0v) is 16.7. The lowest BCUT2D eigenvalue weighted by Gasteiger charge is -2.45. The summed E-state index contributed by atoms with van der Waals surface area (Å²) in [6, 6.07) is -0.168. The van der Waals surface area contributed by atoms with Crippen molar-refractivity contribution >= 4 is 27.3 Å². The molecule has 0 spiro atoms. The van der Waals surface area contributed by atoms with Crippen molar-refractivity contribution in [2.24, 2.45) is 5.92 Å². The van der Waals surface area contributed by atoms with Crippen LogP contribution in [0.3, 0.4) is 0 Å². The number of thiazole rings is 1. The molecule has 160 valence electrons. The number of piperidine rings is 1. The van der Waals surface area contributed by atoms with Crippen LogP contribution in [-0.4, -0.2) is 73.7 Å². The van der Waals surface area contributed by atoms with Crippen LogP contribution in [0.4, 0.5) is 13.2 Å². The highest BCUT2D eigenvalue weighted by molar-refractivity contribution is 7.88. The Morgan fingerprint density at radius 3 is 2.68 bits per heavy atom. The molecule has 0 radical (unpaired) electrons. The van der Waals surface area contributed by atoms with Crippen LogP contribution in [0.25, 0.3) is 0 Å². The summed E-state index contributed by atoms with van der Waals surface area (Å²) in [5.74, 6) is -2.36. The van der Waals surface area contributed by atoms with Crippen LogP contribution in [0.5, 0.6) is 0 Å². The Labute approximate surface area is 164 Å². The quantitative estimate of drug-likeness (QED) is 0.719. The lowest BCUT2D eigenvalue weighted by Crippen LogP contribution is -2.60. The van der Waals surface area contributed by atoms with Gasteiger partial charge in [0.05, 0.1) is 24.9 Å². The van der Waals surface area contributed by atoms with E-state index < -0.39 is 22.2 Å². The first-order chi connectivity index (χ1) is 13.0. The number of likely N-dealkylation sites (tertiary alicyclic amines) is 1. The second kappa shape index (κ2) is 9.48. The Morgan fingerprint density at radius 1 is 1.46 bits per heavy atom. The molecule has 0 unspecified atom stereocenters. The van der Waals surface area contributed by atoms with Crippen LogP contribution in [0.2, 0.25) is 0 Å². The number of nitrogens with one attached hydrogen (secondary N) is 1. The number of aliphatic carboxylic acids is 1. The topological polar surface area (TPSA) is 109 Å². The average molecular weight is 445 g/mol. The first-order valence-electron chi connectivity index (χ1n) is 8.45. The Bertz CT molecular complexity index is 743. The zero-order valence-electron chi connectivity index (χ0n) is 15.1. The fourth-order valence-corrected chi connectivity index (χ4v) is 4.74. The Balaban J connectivity index is 0.000000345. The summed E-state index contributed by atoms with van der Waals surface area (Å²) in [4.78, 5) is 15.5. The van der Waals surface area contributed by atoms with Gasteiger partial charge in [-0.2, -0.15) is 13.2 Å². The molecule has 2 N–H and O–H groups in total. The fourth-order valence-electron chi connectivity index (χ4n) is 3.32. The molecule has 0 saturated carbocycles. The van der Waals surface area contributed by atoms with Gasteiger partial charge in [-0.05, 0) is 18.8 Å². The Morgan fingerprint density at radius 2 is 2.14 bits per heavy atom. The second-order valence-electron chi connectivity index (χ2n) is 6.66. The monoisotopic (exact) mass is 445 g/mol. The minimum atomic E-state index is -5.08. The molecule has 2 aliphatic rings. The number of aromatic nitrogens is 1. The molecule has 1 aromatic heterocycles. The third-order valence-electron chi connectivity index (χ3n) is 4.29. The van der Waals surface area contributed by atoms with Gasteiger partial charge >= 0.3 is 12.1 Å². The van der Waals surface area contributed by atoms with Crippen molar-refractivity contribution in [3.8, 4) is 0 Å². The van der Waals surface area contributed by atoms with E-state index in [2.05, 4.69) is 14.6 Å². The van der Waals surface area contributed by atoms with Gasteiger partial charge in [-0.25, -0.2) is 22.9 Å². The van der Waals surface area contributed by atoms with E-state index in [9.17, 15) is 21.6 Å². The maximum Gasteiger partial charge on any atom is 0.490 e. The molecular formula is C15H22F3N3O5S2. The molecule has 2 fully saturated rings. The third-order valence-corrected chi connectivity index (χ3v) is 5.78. The molecule has 1 aromatic rings. The van der Waals surface area contributed by atoms with Crippen LogP contribution in [0.15, 0.2) is 11.6 Å². The number of carboxylic acids is 1. The molecule has 2 aliphatic heterocycles. The number of hydrogen-bond donors (Lipinski definition) is 2. The summed E-state index contributed by atoms with van der Waals surface area (Å²) in [6.07, 6.45) is 0.0904. The van der Waals surface area contributed by atoms with Crippen LogP contribution < -0.4 is 4.72 Å². The summed E-state index contributed by atoms with van der Waals surface area (Å²) < 4.78 is 63.6. The zero-order chi connectivity index (χ0) is 20.9. The summed E-state index contributed by atoms with van der Waals surface area (Å²) in [6.45, 7) is 3.14. The van der Waals surface area contributed by atoms with E-state index in [1.807, 2.05) is 11.6 Å². The molecule has 3 heterocycles. The van der Waals surface area contributed by atoms with E-state index in [0.717, 1.165) is 37.5 Å². The Hall–Kier alpha value is -1.28. The van der Waals surface area contributed by atoms with Gasteiger partial charge < -0.3 is 9.84 Å². The van der Waals surface area contributed by atoms with Gasteiger partial charge in [0.25, 0.3) is 0 Å². The molecule has 0 bridgehead atoms. The van der Waals surface area contributed by atoms with Crippen LogP contribution in [-0.2, 0) is 26.1 Å². The maximum absolute atomic E-state index is 11.6. The van der Waals surface area contributed by atoms with Crippen molar-refractivity contribution in [1.82, 2.24) is 14.6 Å². The van der Waals surface area contributed by atoms with Crippen molar-refractivity contribution in [1.29, 1.82) is 0 Å². The fraction of sp³-hybridized carbons (Fsp3) is 0.733. The number of nitrogens with zero attached hydrogens (tertiary/aromatic N) is 2. The molecule has 0 amide bonds. The van der Waals surface area contributed by atoms with Crippen molar-refractivity contribution in [3.05, 3.63) is 16.6 Å². The van der Waals surface area contributed by atoms with Crippen molar-refractivity contribution in [2.45, 2.75) is 37.7 Å². The predicted molar refractivity (Wildman–Crippen MR) is 95.3 cm³/mol. The van der Waals surface area contributed by atoms with Gasteiger partial charge in [-0.1, -0.05) is 0 Å². The molecule has 13 heteroatoms. The number of sulfonamides is 1.